The van der Waals surface area contributed by atoms with Crippen LogP contribution in [0.15, 0.2) is 0 Å². The van der Waals surface area contributed by atoms with Crippen LogP contribution in [-0.4, -0.2) is 63.3 Å². The summed E-state index contributed by atoms with van der Waals surface area (Å²) in [6, 6.07) is 0.604. The fourth-order valence-electron chi connectivity index (χ4n) is 3.47. The van der Waals surface area contributed by atoms with Crippen LogP contribution in [0.1, 0.15) is 32.1 Å². The van der Waals surface area contributed by atoms with E-state index in [0.29, 0.717) is 19.2 Å². The maximum Gasteiger partial charge on any atom is 0.234 e. The van der Waals surface area contributed by atoms with E-state index in [0.717, 1.165) is 38.5 Å². The number of carbonyl (C=O) groups excluding carboxylic acids is 1. The van der Waals surface area contributed by atoms with Gasteiger partial charge in [0.1, 0.15) is 0 Å². The number of piperidine rings is 1. The number of nitrogens with zero attached hydrogens (tertiary/aromatic N) is 1. The summed E-state index contributed by atoms with van der Waals surface area (Å²) in [5.41, 5.74) is 0. The number of likely N-dealkylation sites (tertiary alicyclic amines) is 1. The van der Waals surface area contributed by atoms with Crippen molar-refractivity contribution in [2.24, 2.45) is 5.92 Å². The molecule has 2 aliphatic rings. The van der Waals surface area contributed by atoms with E-state index in [1.165, 1.54) is 25.7 Å². The molecule has 2 heterocycles. The fraction of sp³-hybridized carbons (Fsp3) is 0.933. The number of methoxy groups -OCH3 is 1. The molecule has 2 rings (SSSR count). The fourth-order valence-corrected chi connectivity index (χ4v) is 3.47. The average Bonchev–Trinajstić information content (AvgIpc) is 2.92. The first-order valence-electron chi connectivity index (χ1n) is 8.01. The van der Waals surface area contributed by atoms with Gasteiger partial charge < -0.3 is 15.4 Å². The Hall–Kier alpha value is -0.650. The van der Waals surface area contributed by atoms with Crippen molar-refractivity contribution in [2.75, 3.05) is 46.4 Å². The highest BCUT2D eigenvalue weighted by molar-refractivity contribution is 5.78. The molecule has 116 valence electrons. The Bertz CT molecular complexity index is 293. The van der Waals surface area contributed by atoms with Crippen molar-refractivity contribution in [3.63, 3.8) is 0 Å². The highest BCUT2D eigenvalue weighted by Crippen LogP contribution is 2.27. The Balaban J connectivity index is 1.71. The van der Waals surface area contributed by atoms with Crippen molar-refractivity contribution in [2.45, 2.75) is 38.1 Å². The van der Waals surface area contributed by atoms with Gasteiger partial charge in [0.2, 0.25) is 5.91 Å². The molecule has 0 spiro atoms. The second-order valence-corrected chi connectivity index (χ2v) is 5.98. The van der Waals surface area contributed by atoms with Gasteiger partial charge in [-0.15, -0.1) is 0 Å². The summed E-state index contributed by atoms with van der Waals surface area (Å²) < 4.78 is 4.98. The van der Waals surface area contributed by atoms with Gasteiger partial charge in [-0.05, 0) is 57.7 Å². The zero-order chi connectivity index (χ0) is 14.2. The summed E-state index contributed by atoms with van der Waals surface area (Å²) in [7, 11) is 1.69. The molecular formula is C15H29N3O2. The summed E-state index contributed by atoms with van der Waals surface area (Å²) in [5.74, 6) is 0.893. The zero-order valence-corrected chi connectivity index (χ0v) is 12.7. The Morgan fingerprint density at radius 3 is 3.05 bits per heavy atom. The molecule has 0 aromatic rings. The minimum absolute atomic E-state index is 0.164. The lowest BCUT2D eigenvalue weighted by atomic mass is 9.90. The van der Waals surface area contributed by atoms with Crippen LogP contribution in [0.4, 0.5) is 0 Å². The van der Waals surface area contributed by atoms with E-state index >= 15 is 0 Å². The number of ether oxygens (including phenoxy) is 1. The molecule has 2 unspecified atom stereocenters. The van der Waals surface area contributed by atoms with Gasteiger partial charge in [0.15, 0.2) is 0 Å². The van der Waals surface area contributed by atoms with E-state index in [9.17, 15) is 4.79 Å². The molecule has 1 amide bonds. The molecule has 20 heavy (non-hydrogen) atoms. The topological polar surface area (TPSA) is 53.6 Å². The smallest absolute Gasteiger partial charge is 0.234 e. The Labute approximate surface area is 122 Å². The van der Waals surface area contributed by atoms with Crippen molar-refractivity contribution in [3.8, 4) is 0 Å². The average molecular weight is 283 g/mol. The van der Waals surface area contributed by atoms with Crippen LogP contribution in [-0.2, 0) is 9.53 Å². The van der Waals surface area contributed by atoms with Crippen LogP contribution in [0.25, 0.3) is 0 Å². The lowest BCUT2D eigenvalue weighted by molar-refractivity contribution is -0.122. The predicted octanol–water partition coefficient (Wildman–Crippen LogP) is 0.603. The SMILES string of the molecule is COCCCNC(=O)CN1CCCC1C1CCCNC1. The van der Waals surface area contributed by atoms with E-state index in [1.54, 1.807) is 7.11 Å². The van der Waals surface area contributed by atoms with Gasteiger partial charge in [-0.2, -0.15) is 0 Å². The van der Waals surface area contributed by atoms with Crippen LogP contribution in [0.3, 0.4) is 0 Å². The van der Waals surface area contributed by atoms with Crippen molar-refractivity contribution in [3.05, 3.63) is 0 Å². The van der Waals surface area contributed by atoms with E-state index in [4.69, 9.17) is 4.74 Å². The molecule has 2 aliphatic heterocycles. The third kappa shape index (κ3) is 4.72. The highest BCUT2D eigenvalue weighted by Gasteiger charge is 2.33. The molecular weight excluding hydrogens is 254 g/mol. The monoisotopic (exact) mass is 283 g/mol. The van der Waals surface area contributed by atoms with Crippen molar-refractivity contribution >= 4 is 5.91 Å². The number of rotatable bonds is 7. The largest absolute Gasteiger partial charge is 0.385 e. The molecule has 2 N–H and O–H groups in total. The molecule has 2 saturated heterocycles. The maximum absolute atomic E-state index is 12.0. The summed E-state index contributed by atoms with van der Waals surface area (Å²) in [4.78, 5) is 14.4. The summed E-state index contributed by atoms with van der Waals surface area (Å²) >= 11 is 0. The first-order valence-corrected chi connectivity index (χ1v) is 8.01. The van der Waals surface area contributed by atoms with Crippen molar-refractivity contribution in [1.29, 1.82) is 0 Å². The lowest BCUT2D eigenvalue weighted by Gasteiger charge is -2.34. The van der Waals surface area contributed by atoms with Gasteiger partial charge in [0.25, 0.3) is 0 Å². The van der Waals surface area contributed by atoms with Crippen molar-refractivity contribution < 1.29 is 9.53 Å². The van der Waals surface area contributed by atoms with Gasteiger partial charge in [0.05, 0.1) is 6.54 Å². The molecule has 0 saturated carbocycles. The Morgan fingerprint density at radius 1 is 1.40 bits per heavy atom. The molecule has 0 aromatic carbocycles. The number of amides is 1. The van der Waals surface area contributed by atoms with E-state index in [2.05, 4.69) is 15.5 Å². The lowest BCUT2D eigenvalue weighted by Crippen LogP contribution is -2.46. The Morgan fingerprint density at radius 2 is 2.30 bits per heavy atom. The molecule has 5 nitrogen and oxygen atoms in total. The first-order chi connectivity index (χ1) is 9.81. The third-order valence-corrected chi connectivity index (χ3v) is 4.49. The third-order valence-electron chi connectivity index (χ3n) is 4.49. The quantitative estimate of drug-likeness (QED) is 0.672. The van der Waals surface area contributed by atoms with Crippen LogP contribution >= 0.6 is 0 Å². The van der Waals surface area contributed by atoms with E-state index in [-0.39, 0.29) is 5.91 Å². The minimum Gasteiger partial charge on any atom is -0.385 e. The standard InChI is InChI=1S/C15H29N3O2/c1-20-10-4-8-17-15(19)12-18-9-3-6-14(18)13-5-2-7-16-11-13/h13-14,16H,2-12H2,1H3,(H,17,19). The van der Waals surface area contributed by atoms with Crippen LogP contribution in [0, 0.1) is 5.92 Å². The van der Waals surface area contributed by atoms with Crippen LogP contribution in [0.5, 0.6) is 0 Å². The zero-order valence-electron chi connectivity index (χ0n) is 12.7. The molecule has 2 fully saturated rings. The summed E-state index contributed by atoms with van der Waals surface area (Å²) in [5, 5.41) is 6.48. The number of hydrogen-bond donors (Lipinski definition) is 2. The molecule has 2 atom stereocenters. The number of nitrogens with one attached hydrogen (secondary N) is 2. The van der Waals surface area contributed by atoms with Gasteiger partial charge >= 0.3 is 0 Å². The first kappa shape index (κ1) is 15.7. The van der Waals surface area contributed by atoms with E-state index in [1.807, 2.05) is 0 Å². The van der Waals surface area contributed by atoms with Crippen LogP contribution < -0.4 is 10.6 Å². The maximum atomic E-state index is 12.0. The minimum atomic E-state index is 0.164. The van der Waals surface area contributed by atoms with Gasteiger partial charge in [-0.1, -0.05) is 0 Å². The highest BCUT2D eigenvalue weighted by atomic mass is 16.5. The van der Waals surface area contributed by atoms with Crippen molar-refractivity contribution in [1.82, 2.24) is 15.5 Å². The number of hydrogen-bond acceptors (Lipinski definition) is 4. The number of carbonyl (C=O) groups is 1. The molecule has 5 heteroatoms. The van der Waals surface area contributed by atoms with E-state index < -0.39 is 0 Å². The molecule has 0 bridgehead atoms. The van der Waals surface area contributed by atoms with Gasteiger partial charge in [-0.25, -0.2) is 0 Å². The molecule has 0 radical (unpaired) electrons. The predicted molar refractivity (Wildman–Crippen MR) is 79.7 cm³/mol. The molecule has 0 aromatic heterocycles. The van der Waals surface area contributed by atoms with Crippen LogP contribution in [0.2, 0.25) is 0 Å². The summed E-state index contributed by atoms with van der Waals surface area (Å²) in [6.07, 6.45) is 5.96. The van der Waals surface area contributed by atoms with Gasteiger partial charge in [-0.3, -0.25) is 9.69 Å². The summed E-state index contributed by atoms with van der Waals surface area (Å²) in [6.45, 7) is 5.34. The van der Waals surface area contributed by atoms with Gasteiger partial charge in [0, 0.05) is 26.3 Å². The molecule has 0 aliphatic carbocycles. The Kier molecular flexibility index (Phi) is 6.76. The second kappa shape index (κ2) is 8.60. The second-order valence-electron chi connectivity index (χ2n) is 5.98. The normalized spacial score (nSPS) is 27.6.